The fourth-order valence-electron chi connectivity index (χ4n) is 2.92. The van der Waals surface area contributed by atoms with E-state index < -0.39 is 10.0 Å². The third-order valence-corrected chi connectivity index (χ3v) is 5.12. The number of benzodiazepines with no additional fused rings is 1. The Morgan fingerprint density at radius 1 is 1.20 bits per heavy atom. The number of hydrogen-bond donors (Lipinski definition) is 2. The molecule has 0 unspecified atom stereocenters. The topological polar surface area (TPSA) is 131 Å². The molecule has 0 bridgehead atoms. The monoisotopic (exact) mass is 430 g/mol. The average Bonchev–Trinajstić information content (AvgIpc) is 2.87. The average molecular weight is 430 g/mol. The lowest BCUT2D eigenvalue weighted by Crippen LogP contribution is -2.31. The quantitative estimate of drug-likeness (QED) is 0.602. The number of fused-ring (bicyclic) bond motifs is 1. The highest BCUT2D eigenvalue weighted by Gasteiger charge is 2.22. The van der Waals surface area contributed by atoms with E-state index in [2.05, 4.69) is 10.3 Å². The van der Waals surface area contributed by atoms with E-state index >= 15 is 0 Å². The van der Waals surface area contributed by atoms with Crippen LogP contribution < -0.4 is 20.1 Å². The summed E-state index contributed by atoms with van der Waals surface area (Å²) >= 11 is 0. The molecule has 2 amide bonds. The number of nitrogens with two attached hydrogens (primary N) is 1. The lowest BCUT2D eigenvalue weighted by Gasteiger charge is -2.23. The van der Waals surface area contributed by atoms with Crippen molar-refractivity contribution in [3.05, 3.63) is 54.1 Å². The smallest absolute Gasteiger partial charge is 0.257 e. The molecule has 0 atom stereocenters. The van der Waals surface area contributed by atoms with Gasteiger partial charge in [-0.1, -0.05) is 24.3 Å². The summed E-state index contributed by atoms with van der Waals surface area (Å²) < 4.78 is 27.3. The van der Waals surface area contributed by atoms with Crippen molar-refractivity contribution in [2.75, 3.05) is 30.3 Å². The second-order valence-corrected chi connectivity index (χ2v) is 8.35. The van der Waals surface area contributed by atoms with Crippen LogP contribution >= 0.6 is 0 Å². The number of hydrogen-bond acceptors (Lipinski definition) is 6. The van der Waals surface area contributed by atoms with Crippen LogP contribution in [0.1, 0.15) is 12.0 Å². The highest BCUT2D eigenvalue weighted by molar-refractivity contribution is 7.89. The van der Waals surface area contributed by atoms with Crippen LogP contribution in [0.5, 0.6) is 5.75 Å². The second-order valence-electron chi connectivity index (χ2n) is 6.61. The predicted molar refractivity (Wildman–Crippen MR) is 114 cm³/mol. The molecule has 0 spiro atoms. The first-order valence-electron chi connectivity index (χ1n) is 9.25. The first-order valence-corrected chi connectivity index (χ1v) is 11.0. The van der Waals surface area contributed by atoms with Gasteiger partial charge in [0.25, 0.3) is 11.8 Å². The fourth-order valence-corrected chi connectivity index (χ4v) is 3.47. The van der Waals surface area contributed by atoms with E-state index in [4.69, 9.17) is 9.88 Å². The highest BCUT2D eigenvalue weighted by Crippen LogP contribution is 2.31. The maximum absolute atomic E-state index is 12.6. The molecule has 0 radical (unpaired) electrons. The molecule has 0 aromatic heterocycles. The van der Waals surface area contributed by atoms with Gasteiger partial charge in [-0.25, -0.2) is 13.6 Å². The van der Waals surface area contributed by atoms with Crippen LogP contribution in [0.3, 0.4) is 0 Å². The first-order chi connectivity index (χ1) is 14.3. The SMILES string of the molecule is NS(=O)(=O)CCCNC(=O)COc1cccc(N2C(=O)CN=Cc3ccccc32)c1. The number of carbonyl (C=O) groups is 2. The maximum atomic E-state index is 12.6. The molecule has 3 N–H and O–H groups in total. The Morgan fingerprint density at radius 2 is 2.00 bits per heavy atom. The molecule has 9 nitrogen and oxygen atoms in total. The summed E-state index contributed by atoms with van der Waals surface area (Å²) in [6, 6.07) is 14.3. The normalized spacial score (nSPS) is 13.5. The molecule has 10 heteroatoms. The summed E-state index contributed by atoms with van der Waals surface area (Å²) in [5.41, 5.74) is 2.14. The van der Waals surface area contributed by atoms with Crippen LogP contribution in [0.25, 0.3) is 0 Å². The molecule has 1 aliphatic rings. The van der Waals surface area contributed by atoms with Crippen molar-refractivity contribution in [1.82, 2.24) is 5.32 Å². The highest BCUT2D eigenvalue weighted by atomic mass is 32.2. The number of primary sulfonamides is 1. The van der Waals surface area contributed by atoms with Crippen molar-refractivity contribution in [2.45, 2.75) is 6.42 Å². The van der Waals surface area contributed by atoms with Crippen LogP contribution in [-0.4, -0.2) is 51.9 Å². The van der Waals surface area contributed by atoms with Crippen molar-refractivity contribution in [1.29, 1.82) is 0 Å². The number of rotatable bonds is 8. The Kier molecular flexibility index (Phi) is 6.80. The van der Waals surface area contributed by atoms with Crippen LogP contribution in [0.2, 0.25) is 0 Å². The van der Waals surface area contributed by atoms with Crippen LogP contribution in [0, 0.1) is 0 Å². The van der Waals surface area contributed by atoms with Crippen LogP contribution in [-0.2, 0) is 19.6 Å². The second kappa shape index (κ2) is 9.51. The number of amides is 2. The summed E-state index contributed by atoms with van der Waals surface area (Å²) in [6.07, 6.45) is 1.90. The van der Waals surface area contributed by atoms with Gasteiger partial charge in [-0.15, -0.1) is 0 Å². The fraction of sp³-hybridized carbons (Fsp3) is 0.250. The van der Waals surface area contributed by atoms with Crippen molar-refractivity contribution in [3.63, 3.8) is 0 Å². The van der Waals surface area contributed by atoms with E-state index in [1.165, 1.54) is 0 Å². The molecule has 1 heterocycles. The molecule has 3 rings (SSSR count). The minimum absolute atomic E-state index is 0.0285. The molecule has 2 aromatic rings. The zero-order valence-corrected chi connectivity index (χ0v) is 17.0. The van der Waals surface area contributed by atoms with E-state index in [-0.39, 0.29) is 43.7 Å². The number of sulfonamides is 1. The number of para-hydroxylation sites is 1. The Balaban J connectivity index is 1.64. The van der Waals surface area contributed by atoms with Gasteiger partial charge < -0.3 is 10.1 Å². The predicted octanol–water partition coefficient (Wildman–Crippen LogP) is 0.957. The van der Waals surface area contributed by atoms with E-state index in [1.54, 1.807) is 35.4 Å². The third-order valence-electron chi connectivity index (χ3n) is 4.26. The van der Waals surface area contributed by atoms with E-state index in [9.17, 15) is 18.0 Å². The molecule has 1 aliphatic heterocycles. The summed E-state index contributed by atoms with van der Waals surface area (Å²) in [4.78, 5) is 30.2. The van der Waals surface area contributed by atoms with Crippen LogP contribution in [0.4, 0.5) is 11.4 Å². The lowest BCUT2D eigenvalue weighted by molar-refractivity contribution is -0.123. The molecule has 2 aromatic carbocycles. The van der Waals surface area contributed by atoms with Crippen LogP contribution in [0.15, 0.2) is 53.5 Å². The number of nitrogens with zero attached hydrogens (tertiary/aromatic N) is 2. The van der Waals surface area contributed by atoms with Crippen molar-refractivity contribution < 1.29 is 22.7 Å². The minimum Gasteiger partial charge on any atom is -0.484 e. The van der Waals surface area contributed by atoms with Gasteiger partial charge in [0, 0.05) is 24.4 Å². The van der Waals surface area contributed by atoms with Crippen molar-refractivity contribution in [3.8, 4) is 5.75 Å². The Hall–Kier alpha value is -3.24. The van der Waals surface area contributed by atoms with Crippen molar-refractivity contribution >= 4 is 39.4 Å². The number of ether oxygens (including phenoxy) is 1. The standard InChI is InChI=1S/C20H22N4O5S/c21-30(27,28)10-4-9-23-19(25)14-29-17-7-3-6-16(11-17)24-18-8-2-1-5-15(18)12-22-13-20(24)26/h1-3,5-8,11-12H,4,9-10,13-14H2,(H,23,25)(H2,21,27,28). The minimum atomic E-state index is -3.54. The number of benzene rings is 2. The largest absolute Gasteiger partial charge is 0.484 e. The number of aliphatic imine (C=N–C) groups is 1. The lowest BCUT2D eigenvalue weighted by atomic mass is 10.1. The van der Waals surface area contributed by atoms with Gasteiger partial charge in [0.15, 0.2) is 6.61 Å². The van der Waals surface area contributed by atoms with Gasteiger partial charge in [-0.2, -0.15) is 0 Å². The summed E-state index contributed by atoms with van der Waals surface area (Å²) in [6.45, 7) is -0.0368. The molecule has 30 heavy (non-hydrogen) atoms. The zero-order valence-electron chi connectivity index (χ0n) is 16.2. The van der Waals surface area contributed by atoms with E-state index in [0.717, 1.165) is 5.56 Å². The Bertz CT molecular complexity index is 1070. The summed E-state index contributed by atoms with van der Waals surface area (Å²) in [5.74, 6) is -0.353. The van der Waals surface area contributed by atoms with E-state index in [0.29, 0.717) is 17.1 Å². The number of nitrogens with one attached hydrogen (secondary N) is 1. The van der Waals surface area contributed by atoms with Gasteiger partial charge >= 0.3 is 0 Å². The number of anilines is 2. The summed E-state index contributed by atoms with van der Waals surface area (Å²) in [7, 11) is -3.54. The van der Waals surface area contributed by atoms with Gasteiger partial charge in [0.05, 0.1) is 17.1 Å². The van der Waals surface area contributed by atoms with E-state index in [1.807, 2.05) is 24.3 Å². The van der Waals surface area contributed by atoms with Gasteiger partial charge in [0.1, 0.15) is 12.3 Å². The summed E-state index contributed by atoms with van der Waals surface area (Å²) in [5, 5.41) is 7.48. The molecule has 0 saturated carbocycles. The molecule has 0 aliphatic carbocycles. The van der Waals surface area contributed by atoms with Gasteiger partial charge in [0.2, 0.25) is 10.0 Å². The molecule has 158 valence electrons. The van der Waals surface area contributed by atoms with Crippen molar-refractivity contribution in [2.24, 2.45) is 10.1 Å². The Morgan fingerprint density at radius 3 is 2.80 bits per heavy atom. The molecule has 0 fully saturated rings. The van der Waals surface area contributed by atoms with Gasteiger partial charge in [-0.3, -0.25) is 19.5 Å². The maximum Gasteiger partial charge on any atom is 0.257 e. The first kappa shape index (κ1) is 21.5. The third kappa shape index (κ3) is 5.88. The number of carbonyl (C=O) groups excluding carboxylic acids is 2. The zero-order chi connectivity index (χ0) is 21.6. The molecular formula is C20H22N4O5S. The molecule has 0 saturated heterocycles. The van der Waals surface area contributed by atoms with Gasteiger partial charge in [-0.05, 0) is 24.6 Å². The molecular weight excluding hydrogens is 408 g/mol. The Labute approximate surface area is 174 Å².